The van der Waals surface area contributed by atoms with Crippen molar-refractivity contribution in [2.24, 2.45) is 0 Å². The molecule has 0 spiro atoms. The molecule has 7 aromatic carbocycles. The zero-order valence-corrected chi connectivity index (χ0v) is 43.4. The van der Waals surface area contributed by atoms with E-state index in [0.717, 1.165) is 119 Å². The molecule has 0 atom stereocenters. The lowest BCUT2D eigenvalue weighted by Gasteiger charge is -2.27. The monoisotopic (exact) mass is 936 g/mol. The predicted octanol–water partition coefficient (Wildman–Crippen LogP) is 17.1. The maximum atomic E-state index is 3.96. The van der Waals surface area contributed by atoms with E-state index >= 15 is 0 Å². The van der Waals surface area contributed by atoms with Crippen molar-refractivity contribution in [2.45, 2.75) is 74.7 Å². The second-order valence-electron chi connectivity index (χ2n) is 19.6. The van der Waals surface area contributed by atoms with Gasteiger partial charge in [-0.2, -0.15) is 0 Å². The molecular weight excluding hydrogens is 877 g/mol. The summed E-state index contributed by atoms with van der Waals surface area (Å²) in [5.74, 6) is 30.7. The minimum atomic E-state index is 0.820. The second-order valence-corrected chi connectivity index (χ2v) is 19.6. The first-order chi connectivity index (χ1) is 35.4. The lowest BCUT2D eigenvalue weighted by Crippen LogP contribution is -2.11. The van der Waals surface area contributed by atoms with E-state index in [4.69, 9.17) is 0 Å². The van der Waals surface area contributed by atoms with Crippen LogP contribution in [0, 0.1) is 95.8 Å². The van der Waals surface area contributed by atoms with Crippen molar-refractivity contribution in [1.29, 1.82) is 0 Å². The van der Waals surface area contributed by atoms with E-state index < -0.39 is 0 Å². The summed E-state index contributed by atoms with van der Waals surface area (Å²) in [6.45, 7) is 17.1. The van der Waals surface area contributed by atoms with Crippen LogP contribution in [0.15, 0.2) is 221 Å². The second kappa shape index (κ2) is 22.5. The van der Waals surface area contributed by atoms with E-state index in [-0.39, 0.29) is 0 Å². The van der Waals surface area contributed by atoms with Gasteiger partial charge in [0, 0.05) is 66.8 Å². The molecule has 0 heteroatoms. The molecule has 7 aromatic rings. The molecule has 0 unspecified atom stereocenters. The van der Waals surface area contributed by atoms with E-state index in [1.807, 2.05) is 0 Å². The Balaban J connectivity index is 1.61. The van der Waals surface area contributed by atoms with E-state index in [9.17, 15) is 0 Å². The van der Waals surface area contributed by atoms with Crippen molar-refractivity contribution in [3.8, 4) is 47.4 Å². The zero-order chi connectivity index (χ0) is 50.8. The molecule has 0 radical (unpaired) electrons. The fraction of sp³-hybridized carbons (Fsp3) is 0.151. The van der Waals surface area contributed by atoms with Gasteiger partial charge in [-0.25, -0.2) is 0 Å². The molecule has 9 rings (SSSR count). The first-order valence-corrected chi connectivity index (χ1v) is 25.4. The number of aryl methyl sites for hydroxylation is 7. The Bertz CT molecular complexity index is 3630. The number of benzene rings is 7. The van der Waals surface area contributed by atoms with Crippen LogP contribution in [0.25, 0.3) is 16.7 Å². The van der Waals surface area contributed by atoms with Crippen LogP contribution in [0.1, 0.15) is 104 Å². The smallest absolute Gasteiger partial charge is 0.0431 e. The highest BCUT2D eigenvalue weighted by Gasteiger charge is 2.32. The van der Waals surface area contributed by atoms with Crippen LogP contribution in [0.5, 0.6) is 0 Å². The predicted molar refractivity (Wildman–Crippen MR) is 309 cm³/mol. The highest BCUT2D eigenvalue weighted by molar-refractivity contribution is 6.11. The first kappa shape index (κ1) is 49.2. The first-order valence-electron chi connectivity index (χ1n) is 25.4. The number of hydrogen-bond acceptors (Lipinski definition) is 0. The number of allylic oxidation sites excluding steroid dienone is 12. The van der Waals surface area contributed by atoms with Gasteiger partial charge in [-0.15, -0.1) is 0 Å². The summed E-state index contributed by atoms with van der Waals surface area (Å²) < 4.78 is 0. The van der Waals surface area contributed by atoms with Crippen molar-refractivity contribution < 1.29 is 0 Å². The summed E-state index contributed by atoms with van der Waals surface area (Å²) >= 11 is 0. The Labute approximate surface area is 435 Å². The number of rotatable bonds is 4. The van der Waals surface area contributed by atoms with Crippen molar-refractivity contribution in [2.75, 3.05) is 0 Å². The van der Waals surface area contributed by atoms with Crippen molar-refractivity contribution >= 4 is 16.7 Å². The summed E-state index contributed by atoms with van der Waals surface area (Å²) in [5.41, 5.74) is 24.6. The van der Waals surface area contributed by atoms with Crippen LogP contribution < -0.4 is 0 Å². The van der Waals surface area contributed by atoms with Gasteiger partial charge < -0.3 is 0 Å². The topological polar surface area (TPSA) is 0 Å². The molecule has 0 heterocycles. The maximum Gasteiger partial charge on any atom is 0.0431 e. The minimum absolute atomic E-state index is 0.820. The summed E-state index contributed by atoms with van der Waals surface area (Å²) in [6, 6.07) is 60.7. The van der Waals surface area contributed by atoms with Gasteiger partial charge in [-0.05, 0) is 145 Å². The van der Waals surface area contributed by atoms with Crippen LogP contribution in [0.3, 0.4) is 0 Å². The Kier molecular flexibility index (Phi) is 15.2. The van der Waals surface area contributed by atoms with Gasteiger partial charge >= 0.3 is 0 Å². The van der Waals surface area contributed by atoms with Gasteiger partial charge in [0.25, 0.3) is 0 Å². The fourth-order valence-electron chi connectivity index (χ4n) is 9.11. The van der Waals surface area contributed by atoms with Gasteiger partial charge in [0.05, 0.1) is 0 Å². The average Bonchev–Trinajstić information content (AvgIpc) is 3.61. The summed E-state index contributed by atoms with van der Waals surface area (Å²) in [7, 11) is 0. The quantitative estimate of drug-likeness (QED) is 0.154. The summed E-state index contributed by atoms with van der Waals surface area (Å²) in [5, 5.41) is 0. The third-order valence-electron chi connectivity index (χ3n) is 13.5. The van der Waals surface area contributed by atoms with Crippen LogP contribution >= 0.6 is 0 Å². The number of hydrogen-bond donors (Lipinski definition) is 0. The summed E-state index contributed by atoms with van der Waals surface area (Å²) in [4.78, 5) is 0. The molecule has 2 aliphatic rings. The Morgan fingerprint density at radius 3 is 0.781 bits per heavy atom. The van der Waals surface area contributed by atoms with Crippen molar-refractivity contribution in [3.63, 3.8) is 0 Å². The van der Waals surface area contributed by atoms with Gasteiger partial charge in [0.2, 0.25) is 0 Å². The molecule has 352 valence electrons. The van der Waals surface area contributed by atoms with Gasteiger partial charge in [0.15, 0.2) is 0 Å². The van der Waals surface area contributed by atoms with E-state index in [2.05, 4.69) is 285 Å². The van der Waals surface area contributed by atoms with Gasteiger partial charge in [-0.1, -0.05) is 225 Å². The van der Waals surface area contributed by atoms with E-state index in [1.165, 1.54) is 33.4 Å². The maximum absolute atomic E-state index is 3.96. The molecule has 2 aliphatic carbocycles. The highest BCUT2D eigenvalue weighted by atomic mass is 14.3. The normalized spacial score (nSPS) is 17.6. The van der Waals surface area contributed by atoms with Gasteiger partial charge in [-0.3, -0.25) is 0 Å². The summed E-state index contributed by atoms with van der Waals surface area (Å²) in [6.07, 6.45) is 7.42. The molecule has 0 aliphatic heterocycles. The van der Waals surface area contributed by atoms with E-state index in [1.54, 1.807) is 0 Å². The molecular formula is C73H60. The minimum Gasteiger partial charge on any atom is -0.0733 e. The molecule has 0 aromatic heterocycles. The largest absolute Gasteiger partial charge is 0.0733 e. The lowest BCUT2D eigenvalue weighted by atomic mass is 9.73. The third-order valence-corrected chi connectivity index (χ3v) is 13.5. The Morgan fingerprint density at radius 2 is 0.493 bits per heavy atom. The highest BCUT2D eigenvalue weighted by Crippen LogP contribution is 2.48. The molecule has 0 saturated heterocycles. The van der Waals surface area contributed by atoms with Crippen molar-refractivity contribution in [1.82, 2.24) is 0 Å². The molecule has 0 amide bonds. The fourth-order valence-corrected chi connectivity index (χ4v) is 9.11. The molecule has 0 nitrogen and oxygen atoms in total. The van der Waals surface area contributed by atoms with Crippen LogP contribution in [-0.4, -0.2) is 0 Å². The Hall–Kier alpha value is -8.78. The Morgan fingerprint density at radius 1 is 0.247 bits per heavy atom. The molecule has 0 N–H and O–H groups in total. The molecule has 0 saturated carbocycles. The SMILES string of the molecule is CC1=CC=C(C2=C(C#Cc3ccc(C)cc3)/C(c3ccc(C)cc3)=C(C#Cc3ccc(C)cc3)\C(c3ccc(C)cc3)=C(C#Cc3ccc(C)cc3)/C(c3ccc(C)cc3)=C\2C#Cc2ccc(C)cc2)CCC1. The third kappa shape index (κ3) is 12.1. The average molecular weight is 937 g/mol. The zero-order valence-electron chi connectivity index (χ0n) is 43.4. The van der Waals surface area contributed by atoms with Gasteiger partial charge in [0.1, 0.15) is 0 Å². The standard InChI is InChI=1S/C73H60/c1-50-10-9-11-62(39-20-50)70-66(46-35-58-27-12-51(2)13-28-58)71(63-40-21-55(6)22-41-63)68(48-37-60-31-16-53(4)17-32-60)73(65-44-25-57(8)26-45-65)69(49-38-61-33-18-54(5)19-34-61)72(64-42-23-56(7)24-43-64)67(70)47-36-59-29-14-52(3)15-30-59/h12-34,39-45H,9-11H2,1-8H3/b70-66-,70-67?,71-66?,71-68-,72-67-,72-69?,73-68?,73-69-. The lowest BCUT2D eigenvalue weighted by molar-refractivity contribution is 0.819. The van der Waals surface area contributed by atoms with Crippen LogP contribution in [-0.2, 0) is 0 Å². The van der Waals surface area contributed by atoms with Crippen LogP contribution in [0.2, 0.25) is 0 Å². The van der Waals surface area contributed by atoms with Crippen molar-refractivity contribution in [3.05, 3.63) is 299 Å². The molecule has 73 heavy (non-hydrogen) atoms. The van der Waals surface area contributed by atoms with Crippen LogP contribution in [0.4, 0.5) is 0 Å². The van der Waals surface area contributed by atoms with E-state index in [0.29, 0.717) is 0 Å². The molecule has 0 fully saturated rings. The molecule has 0 bridgehead atoms.